The van der Waals surface area contributed by atoms with Crippen LogP contribution in [0.3, 0.4) is 0 Å². The van der Waals surface area contributed by atoms with E-state index in [2.05, 4.69) is 10.6 Å². The Labute approximate surface area is 300 Å². The molecule has 1 saturated heterocycles. The second-order valence-corrected chi connectivity index (χ2v) is 15.9. The highest BCUT2D eigenvalue weighted by molar-refractivity contribution is 6.02. The summed E-state index contributed by atoms with van der Waals surface area (Å²) in [6.07, 6.45) is 5.05. The quantitative estimate of drug-likeness (QED) is 0.231. The number of esters is 1. The lowest BCUT2D eigenvalue weighted by Gasteiger charge is -2.36. The van der Waals surface area contributed by atoms with Gasteiger partial charge in [-0.15, -0.1) is 0 Å². The van der Waals surface area contributed by atoms with Crippen molar-refractivity contribution >= 4 is 40.5 Å². The lowest BCUT2D eigenvalue weighted by Crippen LogP contribution is -2.51. The summed E-state index contributed by atoms with van der Waals surface area (Å²) in [5.41, 5.74) is 6.65. The third kappa shape index (κ3) is 8.51. The maximum atomic E-state index is 14.3. The normalized spacial score (nSPS) is 24.8. The van der Waals surface area contributed by atoms with E-state index in [1.807, 2.05) is 43.5 Å². The van der Waals surface area contributed by atoms with Crippen molar-refractivity contribution in [3.8, 4) is 0 Å². The van der Waals surface area contributed by atoms with Crippen LogP contribution in [0.4, 0.5) is 14.9 Å². The summed E-state index contributed by atoms with van der Waals surface area (Å²) in [6.45, 7) is 10.4. The summed E-state index contributed by atoms with van der Waals surface area (Å²) in [7, 11) is 1.73. The van der Waals surface area contributed by atoms with Crippen molar-refractivity contribution in [2.75, 3.05) is 25.6 Å². The monoisotopic (exact) mass is 713 g/mol. The minimum atomic E-state index is -0.958. The van der Waals surface area contributed by atoms with Crippen molar-refractivity contribution < 1.29 is 37.8 Å². The van der Waals surface area contributed by atoms with E-state index in [0.29, 0.717) is 43.6 Å². The van der Waals surface area contributed by atoms with Crippen molar-refractivity contribution in [1.29, 1.82) is 0 Å². The molecule has 3 heterocycles. The molecule has 3 amide bonds. The Bertz CT molecular complexity index is 1590. The third-order valence-electron chi connectivity index (χ3n) is 10.9. The summed E-state index contributed by atoms with van der Waals surface area (Å²) in [5.74, 6) is -0.921. The Balaban J connectivity index is 1.32. The number of nitrogens with zero attached hydrogens (tertiary/aromatic N) is 2. The molecule has 12 nitrogen and oxygen atoms in total. The molecule has 0 spiro atoms. The van der Waals surface area contributed by atoms with Gasteiger partial charge in [0.1, 0.15) is 24.0 Å². The zero-order valence-electron chi connectivity index (χ0n) is 31.1. The predicted molar refractivity (Wildman–Crippen MR) is 192 cm³/mol. The maximum absolute atomic E-state index is 14.3. The van der Waals surface area contributed by atoms with E-state index in [0.717, 1.165) is 36.6 Å². The molecule has 4 N–H and O–H groups in total. The highest BCUT2D eigenvalue weighted by Crippen LogP contribution is 2.41. The number of methoxy groups -OCH3 is 1. The summed E-state index contributed by atoms with van der Waals surface area (Å²) in [6, 6.07) is 4.96. The molecule has 5 atom stereocenters. The number of carbonyl (C=O) groups is 4. The number of amides is 3. The Morgan fingerprint density at radius 2 is 1.80 bits per heavy atom. The molecule has 2 fully saturated rings. The van der Waals surface area contributed by atoms with Crippen LogP contribution in [0.1, 0.15) is 103 Å². The van der Waals surface area contributed by atoms with Crippen LogP contribution >= 0.6 is 0 Å². The lowest BCUT2D eigenvalue weighted by molar-refractivity contribution is -0.141. The van der Waals surface area contributed by atoms with Crippen LogP contribution < -0.4 is 16.4 Å². The summed E-state index contributed by atoms with van der Waals surface area (Å²) < 4.78 is 32.2. The molecule has 5 rings (SSSR count). The summed E-state index contributed by atoms with van der Waals surface area (Å²) in [4.78, 5) is 55.1. The number of anilines is 1. The number of aromatic nitrogens is 1. The molecule has 1 aromatic carbocycles. The number of benzene rings is 1. The molecule has 3 aliphatic rings. The van der Waals surface area contributed by atoms with Crippen LogP contribution in [0.2, 0.25) is 0 Å². The van der Waals surface area contributed by atoms with Gasteiger partial charge in [0.2, 0.25) is 11.8 Å². The fourth-order valence-corrected chi connectivity index (χ4v) is 8.26. The Morgan fingerprint density at radius 3 is 2.43 bits per heavy atom. The molecule has 2 aliphatic heterocycles. The van der Waals surface area contributed by atoms with Crippen LogP contribution in [0.25, 0.3) is 10.9 Å². The molecule has 13 heteroatoms. The predicted octanol–water partition coefficient (Wildman–Crippen LogP) is 5.86. The van der Waals surface area contributed by atoms with Crippen LogP contribution in [0.15, 0.2) is 24.3 Å². The average molecular weight is 714 g/mol. The number of likely N-dealkylation sites (tertiary alicyclic amines) is 1. The first-order valence-corrected chi connectivity index (χ1v) is 18.4. The molecular weight excluding hydrogens is 657 g/mol. The molecule has 2 aromatic rings. The molecule has 282 valence electrons. The van der Waals surface area contributed by atoms with E-state index < -0.39 is 48.1 Å². The number of hydrogen-bond donors (Lipinski definition) is 3. The number of alkyl halides is 1. The highest BCUT2D eigenvalue weighted by atomic mass is 19.1. The van der Waals surface area contributed by atoms with Crippen molar-refractivity contribution in [2.45, 2.75) is 128 Å². The summed E-state index contributed by atoms with van der Waals surface area (Å²) in [5, 5.41) is 6.45. The van der Waals surface area contributed by atoms with Gasteiger partial charge in [0.15, 0.2) is 5.72 Å². The van der Waals surface area contributed by atoms with Crippen molar-refractivity contribution in [1.82, 2.24) is 14.8 Å². The van der Waals surface area contributed by atoms with E-state index in [9.17, 15) is 23.6 Å². The van der Waals surface area contributed by atoms with E-state index in [-0.39, 0.29) is 35.7 Å². The number of nitrogens with two attached hydrogens (primary N) is 1. The van der Waals surface area contributed by atoms with Gasteiger partial charge in [0.25, 0.3) is 0 Å². The van der Waals surface area contributed by atoms with E-state index in [1.165, 1.54) is 0 Å². The summed E-state index contributed by atoms with van der Waals surface area (Å²) >= 11 is 0. The number of fused-ring (bicyclic) bond motifs is 3. The fourth-order valence-electron chi connectivity index (χ4n) is 8.26. The number of carbonyl (C=O) groups excluding carboxylic acids is 4. The lowest BCUT2D eigenvalue weighted by atomic mass is 9.75. The minimum absolute atomic E-state index is 0.0157. The van der Waals surface area contributed by atoms with Gasteiger partial charge in [-0.2, -0.15) is 0 Å². The first-order chi connectivity index (χ1) is 24.1. The van der Waals surface area contributed by atoms with Gasteiger partial charge in [0.05, 0.1) is 17.7 Å². The largest absolute Gasteiger partial charge is 0.444 e. The Hall–Kier alpha value is -3.71. The molecule has 51 heavy (non-hydrogen) atoms. The van der Waals surface area contributed by atoms with Gasteiger partial charge in [-0.3, -0.25) is 14.2 Å². The van der Waals surface area contributed by atoms with Crippen LogP contribution in [0, 0.1) is 17.8 Å². The number of ether oxygens (including phenoxy) is 3. The molecule has 1 saturated carbocycles. The van der Waals surface area contributed by atoms with Gasteiger partial charge in [-0.25, -0.2) is 14.0 Å². The number of hydrogen-bond acceptors (Lipinski definition) is 8. The third-order valence-corrected chi connectivity index (χ3v) is 10.9. The zero-order valence-corrected chi connectivity index (χ0v) is 31.1. The first-order valence-electron chi connectivity index (χ1n) is 18.4. The van der Waals surface area contributed by atoms with Crippen LogP contribution in [-0.2, 0) is 29.5 Å². The Kier molecular flexibility index (Phi) is 11.7. The van der Waals surface area contributed by atoms with Gasteiger partial charge in [-0.1, -0.05) is 6.92 Å². The standard InChI is InChI=1S/C38H56FN5O7/c1-8-22(11-15-28(40)29(21-39)42-36(48)51-37(2,3)4)34(46)43-18-17-27(23-9-13-26(49-7)14-10-23)32(43)33(45)41-25-12-16-30-24(19-25)20-31-35(47)50-38(5,6)44(30)31/h12,16,19-20,22-23,26-29,32H,8-11,13-15,17-18,21,40H2,1-7H3,(H,41,45)(H,42,48)/t22-,23?,26?,27+,28-,29-,32+/m1/s1. The van der Waals surface area contributed by atoms with Crippen LogP contribution in [0.5, 0.6) is 0 Å². The molecule has 0 unspecified atom stereocenters. The molecule has 1 aliphatic carbocycles. The van der Waals surface area contributed by atoms with Crippen molar-refractivity contribution in [3.05, 3.63) is 30.0 Å². The maximum Gasteiger partial charge on any atom is 0.408 e. The van der Waals surface area contributed by atoms with Crippen LogP contribution in [-0.4, -0.2) is 83.5 Å². The van der Waals surface area contributed by atoms with Crippen molar-refractivity contribution in [3.63, 3.8) is 0 Å². The zero-order chi connectivity index (χ0) is 37.2. The van der Waals surface area contributed by atoms with E-state index >= 15 is 0 Å². The second-order valence-electron chi connectivity index (χ2n) is 15.9. The second kappa shape index (κ2) is 15.5. The minimum Gasteiger partial charge on any atom is -0.444 e. The molecular formula is C38H56FN5O7. The van der Waals surface area contributed by atoms with Gasteiger partial charge in [0, 0.05) is 36.7 Å². The van der Waals surface area contributed by atoms with Gasteiger partial charge < -0.3 is 35.5 Å². The van der Waals surface area contributed by atoms with E-state index in [1.54, 1.807) is 38.8 Å². The number of nitrogens with one attached hydrogen (secondary N) is 2. The topological polar surface area (TPSA) is 154 Å². The molecule has 0 bridgehead atoms. The Morgan fingerprint density at radius 1 is 1.10 bits per heavy atom. The fraction of sp³-hybridized carbons (Fsp3) is 0.684. The number of halogens is 1. The smallest absolute Gasteiger partial charge is 0.408 e. The SMILES string of the molecule is CC[C@H](CC[C@@H](N)[C@@H](CF)NC(=O)OC(C)(C)C)C(=O)N1CC[C@@H](C2CCC(OC)CC2)[C@H]1C(=O)Nc1ccc2c(c1)cc1n2C(C)(C)OC1=O. The van der Waals surface area contributed by atoms with Crippen molar-refractivity contribution in [2.24, 2.45) is 23.5 Å². The van der Waals surface area contributed by atoms with Gasteiger partial charge in [-0.05, 0) is 122 Å². The molecule has 0 radical (unpaired) electrons. The number of cyclic esters (lactones) is 1. The van der Waals surface area contributed by atoms with E-state index in [4.69, 9.17) is 19.9 Å². The number of alkyl carbamates (subject to hydrolysis) is 1. The molecule has 1 aromatic heterocycles. The van der Waals surface area contributed by atoms with Gasteiger partial charge >= 0.3 is 12.1 Å². The number of rotatable bonds is 12. The highest BCUT2D eigenvalue weighted by Gasteiger charge is 2.47. The average Bonchev–Trinajstić information content (AvgIpc) is 3.75. The first kappa shape index (κ1) is 38.5.